The van der Waals surface area contributed by atoms with Gasteiger partial charge in [0.25, 0.3) is 0 Å². The molecule has 2 aromatic heterocycles. The van der Waals surface area contributed by atoms with E-state index in [-0.39, 0.29) is 23.8 Å². The number of fused-ring (bicyclic) bond motifs is 1. The third kappa shape index (κ3) is 3.46. The molecule has 1 N–H and O–H groups in total. The Labute approximate surface area is 148 Å². The lowest BCUT2D eigenvalue weighted by molar-refractivity contribution is -0.116. The van der Waals surface area contributed by atoms with Gasteiger partial charge in [-0.3, -0.25) is 9.48 Å². The van der Waals surface area contributed by atoms with Gasteiger partial charge < -0.3 is 10.0 Å². The van der Waals surface area contributed by atoms with Gasteiger partial charge in [0, 0.05) is 25.6 Å². The van der Waals surface area contributed by atoms with E-state index in [2.05, 4.69) is 10.1 Å². The number of rotatable bonds is 4. The minimum Gasteiger partial charge on any atom is -0.476 e. The van der Waals surface area contributed by atoms with E-state index in [1.807, 2.05) is 24.3 Å². The van der Waals surface area contributed by atoms with Crippen molar-refractivity contribution in [2.75, 3.05) is 4.90 Å². The van der Waals surface area contributed by atoms with Gasteiger partial charge >= 0.3 is 5.97 Å². The fourth-order valence-electron chi connectivity index (χ4n) is 2.61. The zero-order valence-corrected chi connectivity index (χ0v) is 14.4. The van der Waals surface area contributed by atoms with Crippen LogP contribution >= 0.6 is 11.6 Å². The zero-order valence-electron chi connectivity index (χ0n) is 13.6. The van der Waals surface area contributed by atoms with Crippen LogP contribution in [0.25, 0.3) is 10.9 Å². The van der Waals surface area contributed by atoms with Crippen LogP contribution in [0.15, 0.2) is 36.5 Å². The largest absolute Gasteiger partial charge is 0.476 e. The quantitative estimate of drug-likeness (QED) is 0.724. The molecule has 0 bridgehead atoms. The van der Waals surface area contributed by atoms with Crippen molar-refractivity contribution in [3.05, 3.63) is 52.9 Å². The summed E-state index contributed by atoms with van der Waals surface area (Å²) < 4.78 is 1.37. The van der Waals surface area contributed by atoms with E-state index in [0.29, 0.717) is 10.7 Å². The summed E-state index contributed by atoms with van der Waals surface area (Å²) in [5, 5.41) is 14.5. The van der Waals surface area contributed by atoms with Gasteiger partial charge in [0.1, 0.15) is 5.15 Å². The number of carbonyl (C=O) groups excluding carboxylic acids is 1. The number of carboxylic acids is 1. The summed E-state index contributed by atoms with van der Waals surface area (Å²) in [6.07, 6.45) is 1.51. The highest BCUT2D eigenvalue weighted by Gasteiger charge is 2.23. The molecule has 0 unspecified atom stereocenters. The Balaban J connectivity index is 2.00. The molecule has 25 heavy (non-hydrogen) atoms. The zero-order chi connectivity index (χ0) is 18.1. The lowest BCUT2D eigenvalue weighted by Gasteiger charge is -2.20. The molecule has 0 radical (unpaired) electrons. The summed E-state index contributed by atoms with van der Waals surface area (Å²) in [6, 6.07) is 9.15. The van der Waals surface area contributed by atoms with Crippen molar-refractivity contribution >= 4 is 40.1 Å². The lowest BCUT2D eigenvalue weighted by atomic mass is 10.1. The predicted molar refractivity (Wildman–Crippen MR) is 93.8 cm³/mol. The lowest BCUT2D eigenvalue weighted by Crippen LogP contribution is -2.29. The van der Waals surface area contributed by atoms with Gasteiger partial charge in [0.2, 0.25) is 5.91 Å². The van der Waals surface area contributed by atoms with Crippen molar-refractivity contribution in [3.8, 4) is 0 Å². The van der Waals surface area contributed by atoms with Crippen molar-refractivity contribution in [1.29, 1.82) is 0 Å². The fraction of sp³-hybridized carbons (Fsp3) is 0.176. The fourth-order valence-corrected chi connectivity index (χ4v) is 2.76. The number of aryl methyl sites for hydroxylation is 1. The van der Waals surface area contributed by atoms with Gasteiger partial charge in [-0.1, -0.05) is 23.7 Å². The number of carboxylic acid groups (broad SMARTS) is 1. The van der Waals surface area contributed by atoms with E-state index in [1.165, 1.54) is 22.7 Å². The van der Waals surface area contributed by atoms with Crippen LogP contribution in [0.1, 0.15) is 23.0 Å². The van der Waals surface area contributed by atoms with Gasteiger partial charge in [0.15, 0.2) is 5.69 Å². The summed E-state index contributed by atoms with van der Waals surface area (Å²) in [5.41, 5.74) is 1.59. The highest BCUT2D eigenvalue weighted by molar-refractivity contribution is 6.29. The second-order valence-electron chi connectivity index (χ2n) is 5.61. The second kappa shape index (κ2) is 6.52. The molecule has 0 atom stereocenters. The molecule has 0 fully saturated rings. The SMILES string of the molecule is CC(=O)N(Cc1ccc2ccc(Cl)nc2c1)c1cn(C)nc1C(=O)O. The number of amides is 1. The number of anilines is 1. The molecule has 7 nitrogen and oxygen atoms in total. The van der Waals surface area contributed by atoms with Gasteiger partial charge in [-0.25, -0.2) is 9.78 Å². The Morgan fingerprint density at radius 2 is 2.00 bits per heavy atom. The van der Waals surface area contributed by atoms with Crippen LogP contribution in [-0.4, -0.2) is 31.7 Å². The van der Waals surface area contributed by atoms with Crippen molar-refractivity contribution in [3.63, 3.8) is 0 Å². The Morgan fingerprint density at radius 3 is 2.68 bits per heavy atom. The van der Waals surface area contributed by atoms with Crippen LogP contribution in [0, 0.1) is 0 Å². The smallest absolute Gasteiger partial charge is 0.358 e. The van der Waals surface area contributed by atoms with E-state index in [0.717, 1.165) is 10.9 Å². The van der Waals surface area contributed by atoms with Crippen LogP contribution in [0.2, 0.25) is 5.15 Å². The molecule has 0 saturated heterocycles. The maximum Gasteiger partial charge on any atom is 0.358 e. The van der Waals surface area contributed by atoms with Crippen molar-refractivity contribution in [1.82, 2.24) is 14.8 Å². The molecule has 1 aromatic carbocycles. The highest BCUT2D eigenvalue weighted by atomic mass is 35.5. The molecular formula is C17H15ClN4O3. The number of aromatic carboxylic acids is 1. The predicted octanol–water partition coefficient (Wildman–Crippen LogP) is 2.87. The Morgan fingerprint density at radius 1 is 1.28 bits per heavy atom. The molecular weight excluding hydrogens is 344 g/mol. The average Bonchev–Trinajstić information content (AvgIpc) is 2.93. The first-order chi connectivity index (χ1) is 11.8. The number of nitrogens with zero attached hydrogens (tertiary/aromatic N) is 4. The molecule has 3 rings (SSSR count). The second-order valence-corrected chi connectivity index (χ2v) is 6.00. The summed E-state index contributed by atoms with van der Waals surface area (Å²) in [4.78, 5) is 29.1. The number of pyridine rings is 1. The molecule has 0 aliphatic rings. The van der Waals surface area contributed by atoms with Crippen molar-refractivity contribution in [2.24, 2.45) is 7.05 Å². The first-order valence-corrected chi connectivity index (χ1v) is 7.83. The average molecular weight is 359 g/mol. The van der Waals surface area contributed by atoms with Gasteiger partial charge in [-0.05, 0) is 23.8 Å². The summed E-state index contributed by atoms with van der Waals surface area (Å²) in [6.45, 7) is 1.58. The molecule has 0 spiro atoms. The van der Waals surface area contributed by atoms with Gasteiger partial charge in [0.05, 0.1) is 17.7 Å². The first kappa shape index (κ1) is 16.9. The molecule has 1 amide bonds. The Kier molecular flexibility index (Phi) is 4.41. The first-order valence-electron chi connectivity index (χ1n) is 7.45. The maximum atomic E-state index is 12.1. The summed E-state index contributed by atoms with van der Waals surface area (Å²) in [5.74, 6) is -1.47. The maximum absolute atomic E-state index is 12.1. The molecule has 0 aliphatic carbocycles. The third-order valence-electron chi connectivity index (χ3n) is 3.75. The molecule has 0 aliphatic heterocycles. The Bertz CT molecular complexity index is 983. The van der Waals surface area contributed by atoms with Crippen LogP contribution in [0.4, 0.5) is 5.69 Å². The van der Waals surface area contributed by atoms with E-state index < -0.39 is 5.97 Å². The van der Waals surface area contributed by atoms with Crippen LogP contribution < -0.4 is 4.90 Å². The van der Waals surface area contributed by atoms with E-state index in [1.54, 1.807) is 13.1 Å². The monoisotopic (exact) mass is 358 g/mol. The van der Waals surface area contributed by atoms with E-state index in [9.17, 15) is 14.7 Å². The van der Waals surface area contributed by atoms with Crippen LogP contribution in [0.3, 0.4) is 0 Å². The minimum atomic E-state index is -1.19. The number of hydrogen-bond donors (Lipinski definition) is 1. The molecule has 3 aromatic rings. The van der Waals surface area contributed by atoms with Gasteiger partial charge in [-0.15, -0.1) is 0 Å². The number of carbonyl (C=O) groups is 2. The van der Waals surface area contributed by atoms with Crippen molar-refractivity contribution in [2.45, 2.75) is 13.5 Å². The summed E-state index contributed by atoms with van der Waals surface area (Å²) in [7, 11) is 1.61. The van der Waals surface area contributed by atoms with Crippen LogP contribution in [0.5, 0.6) is 0 Å². The minimum absolute atomic E-state index is 0.167. The van der Waals surface area contributed by atoms with Crippen LogP contribution in [-0.2, 0) is 18.4 Å². The normalized spacial score (nSPS) is 10.8. The summed E-state index contributed by atoms with van der Waals surface area (Å²) >= 11 is 5.93. The molecule has 8 heteroatoms. The number of halogens is 1. The molecule has 2 heterocycles. The van der Waals surface area contributed by atoms with Gasteiger partial charge in [-0.2, -0.15) is 5.10 Å². The van der Waals surface area contributed by atoms with E-state index >= 15 is 0 Å². The number of hydrogen-bond acceptors (Lipinski definition) is 4. The van der Waals surface area contributed by atoms with Crippen molar-refractivity contribution < 1.29 is 14.7 Å². The Hall–Kier alpha value is -2.93. The highest BCUT2D eigenvalue weighted by Crippen LogP contribution is 2.24. The standard InChI is InChI=1S/C17H15ClN4O3/c1-10(23)22(14-9-21(2)20-16(14)17(24)25)8-11-3-4-12-5-6-15(18)19-13(12)7-11/h3-7,9H,8H2,1-2H3,(H,24,25). The topological polar surface area (TPSA) is 88.3 Å². The number of aromatic nitrogens is 3. The number of benzene rings is 1. The molecule has 128 valence electrons. The van der Waals surface area contributed by atoms with E-state index in [4.69, 9.17) is 11.6 Å². The third-order valence-corrected chi connectivity index (χ3v) is 3.96. The molecule has 0 saturated carbocycles.